The Kier molecular flexibility index (Phi) is 7.54. The number of ether oxygens (including phenoxy) is 1. The van der Waals surface area contributed by atoms with Crippen LogP contribution >= 0.6 is 12.4 Å². The second kappa shape index (κ2) is 8.36. The van der Waals surface area contributed by atoms with Crippen molar-refractivity contribution in [2.45, 2.75) is 13.3 Å². The van der Waals surface area contributed by atoms with Gasteiger partial charge in [0.1, 0.15) is 0 Å². The third kappa shape index (κ3) is 5.05. The highest BCUT2D eigenvalue weighted by Crippen LogP contribution is 2.09. The molecule has 0 heterocycles. The molecular formula is C12H17ClN2O3. The molecule has 0 aromatic heterocycles. The predicted octanol–water partition coefficient (Wildman–Crippen LogP) is 1.37. The van der Waals surface area contributed by atoms with Gasteiger partial charge in [0, 0.05) is 12.2 Å². The van der Waals surface area contributed by atoms with Crippen molar-refractivity contribution in [2.75, 3.05) is 18.9 Å². The number of esters is 1. The smallest absolute Gasteiger partial charge is 0.307 e. The van der Waals surface area contributed by atoms with Crippen molar-refractivity contribution in [3.8, 4) is 0 Å². The van der Waals surface area contributed by atoms with Crippen LogP contribution < -0.4 is 11.1 Å². The molecule has 5 nitrogen and oxygen atoms in total. The standard InChI is InChI=1S/C12H16N2O3.ClH/c1-2-17-11(15)7-8-14-12(16)9-5-3-4-6-10(9)13;/h3-6H,2,7-8,13H2,1H3,(H,14,16);1H. The zero-order valence-corrected chi connectivity index (χ0v) is 11.0. The van der Waals surface area contributed by atoms with Crippen LogP contribution in [0.1, 0.15) is 23.7 Å². The molecule has 18 heavy (non-hydrogen) atoms. The Morgan fingerprint density at radius 1 is 1.33 bits per heavy atom. The number of halogens is 1. The van der Waals surface area contributed by atoms with Crippen molar-refractivity contribution < 1.29 is 14.3 Å². The number of benzene rings is 1. The molecule has 1 rings (SSSR count). The lowest BCUT2D eigenvalue weighted by molar-refractivity contribution is -0.142. The number of nitrogen functional groups attached to an aromatic ring is 1. The summed E-state index contributed by atoms with van der Waals surface area (Å²) in [6.07, 6.45) is 0.159. The van der Waals surface area contributed by atoms with Crippen LogP contribution in [0.3, 0.4) is 0 Å². The quantitative estimate of drug-likeness (QED) is 0.627. The minimum absolute atomic E-state index is 0. The van der Waals surface area contributed by atoms with E-state index in [1.807, 2.05) is 0 Å². The maximum Gasteiger partial charge on any atom is 0.307 e. The summed E-state index contributed by atoms with van der Waals surface area (Å²) < 4.78 is 4.74. The number of hydrogen-bond donors (Lipinski definition) is 2. The van der Waals surface area contributed by atoms with E-state index >= 15 is 0 Å². The van der Waals surface area contributed by atoms with Crippen molar-refractivity contribution in [2.24, 2.45) is 0 Å². The highest BCUT2D eigenvalue weighted by atomic mass is 35.5. The number of nitrogens with one attached hydrogen (secondary N) is 1. The van der Waals surface area contributed by atoms with Crippen molar-refractivity contribution in [3.63, 3.8) is 0 Å². The first-order chi connectivity index (χ1) is 8.15. The molecular weight excluding hydrogens is 256 g/mol. The van der Waals surface area contributed by atoms with Gasteiger partial charge in [0.25, 0.3) is 5.91 Å². The summed E-state index contributed by atoms with van der Waals surface area (Å²) in [5.74, 6) is -0.610. The fourth-order valence-electron chi connectivity index (χ4n) is 1.31. The summed E-state index contributed by atoms with van der Waals surface area (Å²) in [6, 6.07) is 6.77. The lowest BCUT2D eigenvalue weighted by Gasteiger charge is -2.06. The maximum absolute atomic E-state index is 11.7. The van der Waals surface area contributed by atoms with Gasteiger partial charge in [-0.3, -0.25) is 9.59 Å². The molecule has 3 N–H and O–H groups in total. The lowest BCUT2D eigenvalue weighted by Crippen LogP contribution is -2.27. The minimum atomic E-state index is -0.325. The molecule has 0 bridgehead atoms. The average molecular weight is 273 g/mol. The van der Waals surface area contributed by atoms with Crippen molar-refractivity contribution in [1.82, 2.24) is 5.32 Å². The largest absolute Gasteiger partial charge is 0.466 e. The number of amides is 1. The molecule has 0 aliphatic rings. The van der Waals surface area contributed by atoms with Gasteiger partial charge >= 0.3 is 5.97 Å². The van der Waals surface area contributed by atoms with E-state index in [4.69, 9.17) is 10.5 Å². The molecule has 0 fully saturated rings. The van der Waals surface area contributed by atoms with E-state index in [0.29, 0.717) is 17.9 Å². The Morgan fingerprint density at radius 3 is 2.61 bits per heavy atom. The number of hydrogen-bond acceptors (Lipinski definition) is 4. The molecule has 0 atom stereocenters. The molecule has 1 amide bonds. The van der Waals surface area contributed by atoms with Gasteiger partial charge in [0.05, 0.1) is 18.6 Å². The van der Waals surface area contributed by atoms with Crippen LogP contribution in [0.25, 0.3) is 0 Å². The number of para-hydroxylation sites is 1. The summed E-state index contributed by atoms with van der Waals surface area (Å²) in [5.41, 5.74) is 6.48. The lowest BCUT2D eigenvalue weighted by atomic mass is 10.1. The maximum atomic E-state index is 11.7. The highest BCUT2D eigenvalue weighted by Gasteiger charge is 2.09. The van der Waals surface area contributed by atoms with E-state index in [2.05, 4.69) is 5.32 Å². The first-order valence-corrected chi connectivity index (χ1v) is 5.43. The van der Waals surface area contributed by atoms with E-state index in [0.717, 1.165) is 0 Å². The molecule has 0 aliphatic heterocycles. The van der Waals surface area contributed by atoms with Crippen LogP contribution in [0.5, 0.6) is 0 Å². The highest BCUT2D eigenvalue weighted by molar-refractivity contribution is 5.99. The van der Waals surface area contributed by atoms with E-state index in [1.165, 1.54) is 0 Å². The van der Waals surface area contributed by atoms with Crippen LogP contribution in [0.4, 0.5) is 5.69 Å². The molecule has 0 saturated carbocycles. The minimum Gasteiger partial charge on any atom is -0.466 e. The number of carbonyl (C=O) groups is 2. The summed E-state index contributed by atoms with van der Waals surface area (Å²) in [5, 5.41) is 2.61. The van der Waals surface area contributed by atoms with Gasteiger partial charge in [-0.05, 0) is 19.1 Å². The summed E-state index contributed by atoms with van der Waals surface area (Å²) in [6.45, 7) is 2.32. The van der Waals surface area contributed by atoms with Crippen molar-refractivity contribution >= 4 is 30.0 Å². The molecule has 6 heteroatoms. The Balaban J connectivity index is 0.00000289. The van der Waals surface area contributed by atoms with Gasteiger partial charge in [0.2, 0.25) is 0 Å². The molecule has 0 aliphatic carbocycles. The van der Waals surface area contributed by atoms with Crippen LogP contribution in [0, 0.1) is 0 Å². The SMILES string of the molecule is CCOC(=O)CCNC(=O)c1ccccc1N.Cl. The van der Waals surface area contributed by atoms with Gasteiger partial charge < -0.3 is 15.8 Å². The van der Waals surface area contributed by atoms with E-state index < -0.39 is 0 Å². The number of anilines is 1. The average Bonchev–Trinajstić information content (AvgIpc) is 2.29. The third-order valence-electron chi connectivity index (χ3n) is 2.13. The second-order valence-electron chi connectivity index (χ2n) is 3.40. The topological polar surface area (TPSA) is 81.4 Å². The zero-order valence-electron chi connectivity index (χ0n) is 10.1. The molecule has 1 aromatic carbocycles. The van der Waals surface area contributed by atoms with E-state index in [9.17, 15) is 9.59 Å². The molecule has 100 valence electrons. The number of carbonyl (C=O) groups excluding carboxylic acids is 2. The Morgan fingerprint density at radius 2 is 2.00 bits per heavy atom. The van der Waals surface area contributed by atoms with Gasteiger partial charge in [-0.15, -0.1) is 12.4 Å². The van der Waals surface area contributed by atoms with Crippen LogP contribution in [0.2, 0.25) is 0 Å². The first-order valence-electron chi connectivity index (χ1n) is 5.43. The fourth-order valence-corrected chi connectivity index (χ4v) is 1.31. The number of nitrogens with two attached hydrogens (primary N) is 1. The zero-order chi connectivity index (χ0) is 12.7. The predicted molar refractivity (Wildman–Crippen MR) is 71.7 cm³/mol. The molecule has 0 radical (unpaired) electrons. The second-order valence-corrected chi connectivity index (χ2v) is 3.40. The van der Waals surface area contributed by atoms with Crippen molar-refractivity contribution in [1.29, 1.82) is 0 Å². The van der Waals surface area contributed by atoms with Crippen LogP contribution in [0.15, 0.2) is 24.3 Å². The molecule has 1 aromatic rings. The van der Waals surface area contributed by atoms with Gasteiger partial charge in [-0.2, -0.15) is 0 Å². The summed E-state index contributed by atoms with van der Waals surface area (Å²) in [7, 11) is 0. The number of rotatable bonds is 5. The van der Waals surface area contributed by atoms with Crippen molar-refractivity contribution in [3.05, 3.63) is 29.8 Å². The monoisotopic (exact) mass is 272 g/mol. The normalized spacial score (nSPS) is 9.17. The van der Waals surface area contributed by atoms with Gasteiger partial charge in [-0.25, -0.2) is 0 Å². The Bertz CT molecular complexity index is 410. The third-order valence-corrected chi connectivity index (χ3v) is 2.13. The molecule has 0 unspecified atom stereocenters. The van der Waals surface area contributed by atoms with Gasteiger partial charge in [0.15, 0.2) is 0 Å². The fraction of sp³-hybridized carbons (Fsp3) is 0.333. The van der Waals surface area contributed by atoms with Crippen LogP contribution in [-0.4, -0.2) is 25.0 Å². The Hall–Kier alpha value is -1.75. The molecule has 0 saturated heterocycles. The van der Waals surface area contributed by atoms with Crippen LogP contribution in [-0.2, 0) is 9.53 Å². The Labute approximate surface area is 112 Å². The van der Waals surface area contributed by atoms with Gasteiger partial charge in [-0.1, -0.05) is 12.1 Å². The molecule has 0 spiro atoms. The summed E-state index contributed by atoms with van der Waals surface area (Å²) >= 11 is 0. The first kappa shape index (κ1) is 16.2. The van der Waals surface area contributed by atoms with E-state index in [-0.39, 0.29) is 37.2 Å². The van der Waals surface area contributed by atoms with E-state index in [1.54, 1.807) is 31.2 Å². The summed E-state index contributed by atoms with van der Waals surface area (Å²) in [4.78, 5) is 22.7.